The molecule has 1 saturated carbocycles. The van der Waals surface area contributed by atoms with Gasteiger partial charge >= 0.3 is 5.97 Å². The van der Waals surface area contributed by atoms with Gasteiger partial charge in [-0.15, -0.1) is 0 Å². The highest BCUT2D eigenvalue weighted by Gasteiger charge is 2.42. The SMILES string of the molecule is CNC1(C2=NC3C=CC(/C=C/C(=O)O)=CC(C3)N2)CCC1. The summed E-state index contributed by atoms with van der Waals surface area (Å²) < 4.78 is 0. The lowest BCUT2D eigenvalue weighted by Gasteiger charge is -2.45. The van der Waals surface area contributed by atoms with E-state index in [0.29, 0.717) is 0 Å². The van der Waals surface area contributed by atoms with Gasteiger partial charge in [0.15, 0.2) is 0 Å². The van der Waals surface area contributed by atoms with Gasteiger partial charge in [-0.05, 0) is 44.4 Å². The first-order chi connectivity index (χ1) is 10.1. The first kappa shape index (κ1) is 14.1. The number of allylic oxidation sites excluding steroid dienone is 3. The second kappa shape index (κ2) is 5.48. The fourth-order valence-corrected chi connectivity index (χ4v) is 3.17. The van der Waals surface area contributed by atoms with Crippen molar-refractivity contribution in [1.29, 1.82) is 0 Å². The number of amidine groups is 1. The van der Waals surface area contributed by atoms with Gasteiger partial charge in [-0.3, -0.25) is 4.99 Å². The van der Waals surface area contributed by atoms with Crippen molar-refractivity contribution in [3.05, 3.63) is 36.0 Å². The molecule has 5 heteroatoms. The summed E-state index contributed by atoms with van der Waals surface area (Å²) in [5, 5.41) is 15.7. The number of hydrogen-bond acceptors (Lipinski definition) is 4. The third kappa shape index (κ3) is 2.78. The first-order valence-electron chi connectivity index (χ1n) is 7.46. The number of nitrogens with zero attached hydrogens (tertiary/aromatic N) is 1. The molecule has 21 heavy (non-hydrogen) atoms. The average Bonchev–Trinajstić information content (AvgIpc) is 2.54. The second-order valence-corrected chi connectivity index (χ2v) is 5.91. The topological polar surface area (TPSA) is 73.7 Å². The number of hydrogen-bond donors (Lipinski definition) is 3. The van der Waals surface area contributed by atoms with E-state index in [-0.39, 0.29) is 17.6 Å². The molecule has 1 fully saturated rings. The molecule has 0 aromatic rings. The molecule has 0 aromatic heterocycles. The van der Waals surface area contributed by atoms with Crippen LogP contribution in [0.3, 0.4) is 0 Å². The van der Waals surface area contributed by atoms with E-state index in [0.717, 1.165) is 30.7 Å². The zero-order chi connectivity index (χ0) is 14.9. The molecule has 1 heterocycles. The van der Waals surface area contributed by atoms with Gasteiger partial charge in [0, 0.05) is 12.1 Å². The molecule has 3 N–H and O–H groups in total. The summed E-state index contributed by atoms with van der Waals surface area (Å²) in [6.45, 7) is 0. The number of nitrogens with one attached hydrogen (secondary N) is 2. The molecule has 1 aliphatic heterocycles. The van der Waals surface area contributed by atoms with Gasteiger partial charge in [0.05, 0.1) is 11.6 Å². The van der Waals surface area contributed by atoms with Gasteiger partial charge in [-0.2, -0.15) is 0 Å². The molecule has 0 saturated heterocycles. The molecular weight excluding hydrogens is 266 g/mol. The van der Waals surface area contributed by atoms with Crippen LogP contribution in [0.5, 0.6) is 0 Å². The molecule has 3 aliphatic rings. The van der Waals surface area contributed by atoms with Crippen LogP contribution in [-0.4, -0.2) is 41.6 Å². The molecule has 2 unspecified atom stereocenters. The van der Waals surface area contributed by atoms with Crippen molar-refractivity contribution < 1.29 is 9.90 Å². The largest absolute Gasteiger partial charge is 0.478 e. The Kier molecular flexibility index (Phi) is 3.68. The van der Waals surface area contributed by atoms with Gasteiger partial charge in [-0.25, -0.2) is 4.79 Å². The van der Waals surface area contributed by atoms with Crippen LogP contribution in [0.1, 0.15) is 25.7 Å². The lowest BCUT2D eigenvalue weighted by atomic mass is 9.75. The fraction of sp³-hybridized carbons (Fsp3) is 0.500. The van der Waals surface area contributed by atoms with Crippen molar-refractivity contribution in [1.82, 2.24) is 10.6 Å². The Morgan fingerprint density at radius 2 is 2.38 bits per heavy atom. The highest BCUT2D eigenvalue weighted by Crippen LogP contribution is 2.34. The van der Waals surface area contributed by atoms with Gasteiger partial charge in [-0.1, -0.05) is 18.2 Å². The Morgan fingerprint density at radius 3 is 3.00 bits per heavy atom. The van der Waals surface area contributed by atoms with Crippen LogP contribution in [0, 0.1) is 0 Å². The quantitative estimate of drug-likeness (QED) is 0.683. The molecule has 3 rings (SSSR count). The molecule has 0 spiro atoms. The number of carboxylic acids is 1. The lowest BCUT2D eigenvalue weighted by Crippen LogP contribution is -2.63. The zero-order valence-corrected chi connectivity index (χ0v) is 12.2. The van der Waals surface area contributed by atoms with E-state index in [2.05, 4.69) is 22.8 Å². The van der Waals surface area contributed by atoms with Gasteiger partial charge in [0.1, 0.15) is 5.84 Å². The van der Waals surface area contributed by atoms with Crippen LogP contribution >= 0.6 is 0 Å². The number of aliphatic imine (C=N–C) groups is 1. The lowest BCUT2D eigenvalue weighted by molar-refractivity contribution is -0.131. The van der Waals surface area contributed by atoms with Crippen LogP contribution in [0.25, 0.3) is 0 Å². The Bertz CT molecular complexity index is 550. The number of likely N-dealkylation sites (N-methyl/N-ethyl adjacent to an activating group) is 1. The van der Waals surface area contributed by atoms with Crippen molar-refractivity contribution in [3.63, 3.8) is 0 Å². The van der Waals surface area contributed by atoms with E-state index in [9.17, 15) is 4.79 Å². The summed E-state index contributed by atoms with van der Waals surface area (Å²) in [6.07, 6.45) is 13.3. The standard InChI is InChI=1S/C16H21N3O2/c1-17-16(7-2-8-16)15-18-12-5-3-11(4-6-14(20)21)9-13(10-12)19-15/h3-6,9,12-13,17H,2,7-8,10H2,1H3,(H,18,19)(H,20,21)/b6-4+. The predicted octanol–water partition coefficient (Wildman–Crippen LogP) is 1.39. The van der Waals surface area contributed by atoms with Crippen molar-refractivity contribution in [2.45, 2.75) is 43.3 Å². The van der Waals surface area contributed by atoms with E-state index in [1.165, 1.54) is 12.5 Å². The predicted molar refractivity (Wildman–Crippen MR) is 82.4 cm³/mol. The third-order valence-corrected chi connectivity index (χ3v) is 4.57. The van der Waals surface area contributed by atoms with Crippen LogP contribution in [0.15, 0.2) is 40.9 Å². The fourth-order valence-electron chi connectivity index (χ4n) is 3.17. The second-order valence-electron chi connectivity index (χ2n) is 5.91. The number of carboxylic acid groups (broad SMARTS) is 1. The molecular formula is C16H21N3O2. The molecule has 2 atom stereocenters. The smallest absolute Gasteiger partial charge is 0.328 e. The average molecular weight is 287 g/mol. The maximum Gasteiger partial charge on any atom is 0.328 e. The third-order valence-electron chi connectivity index (χ3n) is 4.57. The Morgan fingerprint density at radius 1 is 1.57 bits per heavy atom. The zero-order valence-electron chi connectivity index (χ0n) is 12.2. The van der Waals surface area contributed by atoms with Crippen LogP contribution in [0.2, 0.25) is 0 Å². The minimum Gasteiger partial charge on any atom is -0.478 e. The van der Waals surface area contributed by atoms with Crippen molar-refractivity contribution in [3.8, 4) is 0 Å². The minimum atomic E-state index is -0.926. The van der Waals surface area contributed by atoms with Crippen molar-refractivity contribution in [2.75, 3.05) is 7.05 Å². The van der Waals surface area contributed by atoms with Crippen molar-refractivity contribution in [2.24, 2.45) is 4.99 Å². The molecule has 112 valence electrons. The Balaban J connectivity index is 1.81. The summed E-state index contributed by atoms with van der Waals surface area (Å²) in [5.74, 6) is 0.131. The molecule has 2 bridgehead atoms. The first-order valence-corrected chi connectivity index (χ1v) is 7.46. The minimum absolute atomic E-state index is 0.0139. The summed E-state index contributed by atoms with van der Waals surface area (Å²) in [4.78, 5) is 15.5. The number of carbonyl (C=O) groups is 1. The molecule has 5 nitrogen and oxygen atoms in total. The van der Waals surface area contributed by atoms with Gasteiger partial charge < -0.3 is 15.7 Å². The maximum absolute atomic E-state index is 10.6. The number of rotatable bonds is 4. The summed E-state index contributed by atoms with van der Waals surface area (Å²) in [7, 11) is 1.99. The monoisotopic (exact) mass is 287 g/mol. The highest BCUT2D eigenvalue weighted by atomic mass is 16.4. The van der Waals surface area contributed by atoms with E-state index < -0.39 is 5.97 Å². The summed E-state index contributed by atoms with van der Waals surface area (Å²) >= 11 is 0. The molecule has 2 aliphatic carbocycles. The maximum atomic E-state index is 10.6. The number of fused-ring (bicyclic) bond motifs is 2. The summed E-state index contributed by atoms with van der Waals surface area (Å²) in [6, 6.07) is 0.376. The van der Waals surface area contributed by atoms with E-state index >= 15 is 0 Å². The van der Waals surface area contributed by atoms with E-state index in [1.54, 1.807) is 6.08 Å². The molecule has 0 amide bonds. The molecule has 0 aromatic carbocycles. The summed E-state index contributed by atoms with van der Waals surface area (Å²) in [5.41, 5.74) is 0.931. The normalized spacial score (nSPS) is 30.0. The Hall–Kier alpha value is -1.88. The Labute approximate surface area is 124 Å². The van der Waals surface area contributed by atoms with E-state index in [4.69, 9.17) is 10.1 Å². The van der Waals surface area contributed by atoms with Crippen LogP contribution < -0.4 is 10.6 Å². The molecule has 0 radical (unpaired) electrons. The van der Waals surface area contributed by atoms with Crippen LogP contribution in [0.4, 0.5) is 0 Å². The van der Waals surface area contributed by atoms with E-state index in [1.807, 2.05) is 13.1 Å². The van der Waals surface area contributed by atoms with Gasteiger partial charge in [0.25, 0.3) is 0 Å². The van der Waals surface area contributed by atoms with Crippen molar-refractivity contribution >= 4 is 11.8 Å². The van der Waals surface area contributed by atoms with Gasteiger partial charge in [0.2, 0.25) is 0 Å². The van der Waals surface area contributed by atoms with Crippen LogP contribution in [-0.2, 0) is 4.79 Å². The number of aliphatic carboxylic acids is 1. The highest BCUT2D eigenvalue weighted by molar-refractivity contribution is 5.93.